The molecule has 0 saturated carbocycles. The van der Waals surface area contributed by atoms with Gasteiger partial charge < -0.3 is 0 Å². The Bertz CT molecular complexity index is 679. The fraction of sp³-hybridized carbons (Fsp3) is 0.154. The zero-order valence-electron chi connectivity index (χ0n) is 11.0. The number of amides is 1. The molecule has 0 aliphatic carbocycles. The van der Waals surface area contributed by atoms with E-state index in [1.807, 2.05) is 0 Å². The molecule has 1 aromatic heterocycles. The average Bonchev–Trinajstić information content (AvgIpc) is 2.89. The Kier molecular flexibility index (Phi) is 4.81. The van der Waals surface area contributed by atoms with Gasteiger partial charge in [0.2, 0.25) is 0 Å². The smallest absolute Gasteiger partial charge is 0.271 e. The van der Waals surface area contributed by atoms with Crippen molar-refractivity contribution in [1.82, 2.24) is 15.2 Å². The van der Waals surface area contributed by atoms with Crippen LogP contribution in [0.2, 0.25) is 5.02 Å². The third-order valence-electron chi connectivity index (χ3n) is 2.51. The SMILES string of the molecule is O=C(Cn1ccc(C(F)(F)F)n1)N/N=C\c1ccc(Cl)cc1. The molecule has 0 bridgehead atoms. The minimum absolute atomic E-state index is 0.367. The first-order valence-corrected chi connectivity index (χ1v) is 6.40. The second kappa shape index (κ2) is 6.61. The number of rotatable bonds is 4. The summed E-state index contributed by atoms with van der Waals surface area (Å²) in [6, 6.07) is 7.51. The van der Waals surface area contributed by atoms with Gasteiger partial charge in [-0.05, 0) is 23.8 Å². The van der Waals surface area contributed by atoms with E-state index >= 15 is 0 Å². The van der Waals surface area contributed by atoms with E-state index in [0.29, 0.717) is 10.6 Å². The summed E-state index contributed by atoms with van der Waals surface area (Å²) in [7, 11) is 0. The van der Waals surface area contributed by atoms with Gasteiger partial charge >= 0.3 is 6.18 Å². The van der Waals surface area contributed by atoms with Crippen molar-refractivity contribution in [2.24, 2.45) is 5.10 Å². The highest BCUT2D eigenvalue weighted by molar-refractivity contribution is 6.30. The van der Waals surface area contributed by atoms with E-state index in [0.717, 1.165) is 16.9 Å². The Labute approximate surface area is 128 Å². The van der Waals surface area contributed by atoms with Crippen LogP contribution in [0.15, 0.2) is 41.6 Å². The lowest BCUT2D eigenvalue weighted by atomic mass is 10.2. The van der Waals surface area contributed by atoms with E-state index in [4.69, 9.17) is 11.6 Å². The van der Waals surface area contributed by atoms with Gasteiger partial charge in [-0.2, -0.15) is 23.4 Å². The predicted molar refractivity (Wildman–Crippen MR) is 74.4 cm³/mol. The molecule has 0 fully saturated rings. The molecule has 0 radical (unpaired) electrons. The highest BCUT2D eigenvalue weighted by atomic mass is 35.5. The van der Waals surface area contributed by atoms with E-state index < -0.39 is 17.8 Å². The predicted octanol–water partition coefficient (Wildman–Crippen LogP) is 2.71. The van der Waals surface area contributed by atoms with Gasteiger partial charge in [0.25, 0.3) is 5.91 Å². The number of alkyl halides is 3. The Morgan fingerprint density at radius 2 is 2.00 bits per heavy atom. The maximum absolute atomic E-state index is 12.3. The van der Waals surface area contributed by atoms with Crippen molar-refractivity contribution in [2.45, 2.75) is 12.7 Å². The minimum atomic E-state index is -4.53. The second-order valence-electron chi connectivity index (χ2n) is 4.24. The first kappa shape index (κ1) is 16.0. The molecule has 0 aliphatic rings. The number of nitrogens with zero attached hydrogens (tertiary/aromatic N) is 3. The topological polar surface area (TPSA) is 59.3 Å². The van der Waals surface area contributed by atoms with Gasteiger partial charge in [-0.25, -0.2) is 5.43 Å². The summed E-state index contributed by atoms with van der Waals surface area (Å²) in [6.45, 7) is -0.367. The monoisotopic (exact) mass is 330 g/mol. The van der Waals surface area contributed by atoms with Gasteiger partial charge in [0.1, 0.15) is 6.54 Å². The Balaban J connectivity index is 1.88. The Hall–Kier alpha value is -2.35. The summed E-state index contributed by atoms with van der Waals surface area (Å²) in [6.07, 6.45) is -2.07. The third-order valence-corrected chi connectivity index (χ3v) is 2.76. The van der Waals surface area contributed by atoms with Crippen LogP contribution >= 0.6 is 11.6 Å². The minimum Gasteiger partial charge on any atom is -0.271 e. The number of carbonyl (C=O) groups excluding carboxylic acids is 1. The molecule has 0 atom stereocenters. The molecule has 116 valence electrons. The van der Waals surface area contributed by atoms with Gasteiger partial charge in [0.15, 0.2) is 5.69 Å². The fourth-order valence-electron chi connectivity index (χ4n) is 1.51. The number of hydrogen-bond donors (Lipinski definition) is 1. The summed E-state index contributed by atoms with van der Waals surface area (Å²) in [5.41, 5.74) is 1.86. The van der Waals surface area contributed by atoms with Crippen LogP contribution in [0.5, 0.6) is 0 Å². The van der Waals surface area contributed by atoms with Crippen molar-refractivity contribution in [3.63, 3.8) is 0 Å². The maximum atomic E-state index is 12.3. The molecular weight excluding hydrogens is 321 g/mol. The van der Waals surface area contributed by atoms with E-state index in [2.05, 4.69) is 15.6 Å². The Morgan fingerprint density at radius 3 is 2.59 bits per heavy atom. The van der Waals surface area contributed by atoms with E-state index in [-0.39, 0.29) is 6.54 Å². The molecule has 0 aliphatic heterocycles. The van der Waals surface area contributed by atoms with Crippen LogP contribution in [-0.2, 0) is 17.5 Å². The van der Waals surface area contributed by atoms with Crippen molar-refractivity contribution < 1.29 is 18.0 Å². The molecule has 1 aromatic carbocycles. The zero-order valence-corrected chi connectivity index (χ0v) is 11.8. The van der Waals surface area contributed by atoms with Gasteiger partial charge in [-0.15, -0.1) is 0 Å². The number of aromatic nitrogens is 2. The largest absolute Gasteiger partial charge is 0.435 e. The molecule has 0 spiro atoms. The molecule has 1 N–H and O–H groups in total. The molecule has 2 aromatic rings. The van der Waals surface area contributed by atoms with Crippen LogP contribution in [0.25, 0.3) is 0 Å². The van der Waals surface area contributed by atoms with E-state index in [1.165, 1.54) is 6.21 Å². The quantitative estimate of drug-likeness (QED) is 0.692. The average molecular weight is 331 g/mol. The van der Waals surface area contributed by atoms with Gasteiger partial charge in [0, 0.05) is 11.2 Å². The molecule has 0 unspecified atom stereocenters. The maximum Gasteiger partial charge on any atom is 0.435 e. The van der Waals surface area contributed by atoms with E-state index in [9.17, 15) is 18.0 Å². The number of hydrazone groups is 1. The molecule has 2 rings (SSSR count). The highest BCUT2D eigenvalue weighted by Gasteiger charge is 2.33. The number of halogens is 4. The third kappa shape index (κ3) is 4.59. The zero-order chi connectivity index (χ0) is 16.2. The lowest BCUT2D eigenvalue weighted by Gasteiger charge is -2.02. The molecular formula is C13H10ClF3N4O. The number of hydrogen-bond acceptors (Lipinski definition) is 3. The van der Waals surface area contributed by atoms with Crippen molar-refractivity contribution >= 4 is 23.7 Å². The lowest BCUT2D eigenvalue weighted by Crippen LogP contribution is -2.23. The summed E-state index contributed by atoms with van der Waals surface area (Å²) in [5, 5.41) is 7.52. The Morgan fingerprint density at radius 1 is 1.32 bits per heavy atom. The molecule has 5 nitrogen and oxygen atoms in total. The lowest BCUT2D eigenvalue weighted by molar-refractivity contribution is -0.141. The highest BCUT2D eigenvalue weighted by Crippen LogP contribution is 2.27. The summed E-state index contributed by atoms with van der Waals surface area (Å²) < 4.78 is 37.9. The normalized spacial score (nSPS) is 11.8. The summed E-state index contributed by atoms with van der Waals surface area (Å²) in [4.78, 5) is 11.5. The van der Waals surface area contributed by atoms with Crippen molar-refractivity contribution in [3.05, 3.63) is 52.8 Å². The number of benzene rings is 1. The number of nitrogens with one attached hydrogen (secondary N) is 1. The van der Waals surface area contributed by atoms with Gasteiger partial charge in [-0.3, -0.25) is 9.48 Å². The number of carbonyl (C=O) groups is 1. The van der Waals surface area contributed by atoms with E-state index in [1.54, 1.807) is 24.3 Å². The van der Waals surface area contributed by atoms with Crippen molar-refractivity contribution in [3.8, 4) is 0 Å². The van der Waals surface area contributed by atoms with Crippen LogP contribution in [-0.4, -0.2) is 21.9 Å². The van der Waals surface area contributed by atoms with Crippen LogP contribution in [0, 0.1) is 0 Å². The van der Waals surface area contributed by atoms with Gasteiger partial charge in [0.05, 0.1) is 6.21 Å². The summed E-state index contributed by atoms with van der Waals surface area (Å²) in [5.74, 6) is -0.595. The molecule has 1 heterocycles. The van der Waals surface area contributed by atoms with Crippen LogP contribution in [0.1, 0.15) is 11.3 Å². The van der Waals surface area contributed by atoms with Crippen LogP contribution in [0.4, 0.5) is 13.2 Å². The molecule has 22 heavy (non-hydrogen) atoms. The van der Waals surface area contributed by atoms with Crippen LogP contribution in [0.3, 0.4) is 0 Å². The first-order valence-electron chi connectivity index (χ1n) is 6.03. The first-order chi connectivity index (χ1) is 10.3. The second-order valence-corrected chi connectivity index (χ2v) is 4.68. The molecule has 0 saturated heterocycles. The molecule has 9 heteroatoms. The molecule has 1 amide bonds. The standard InChI is InChI=1S/C13H10ClF3N4O/c14-10-3-1-9(2-4-10)7-18-19-12(22)8-21-6-5-11(20-21)13(15,16)17/h1-7H,8H2,(H,19,22)/b18-7-. The summed E-state index contributed by atoms with van der Waals surface area (Å²) >= 11 is 5.72. The van der Waals surface area contributed by atoms with Gasteiger partial charge in [-0.1, -0.05) is 23.7 Å². The fourth-order valence-corrected chi connectivity index (χ4v) is 1.64. The van der Waals surface area contributed by atoms with Crippen molar-refractivity contribution in [2.75, 3.05) is 0 Å². The van der Waals surface area contributed by atoms with Crippen LogP contribution < -0.4 is 5.43 Å². The van der Waals surface area contributed by atoms with Crippen molar-refractivity contribution in [1.29, 1.82) is 0 Å².